The Morgan fingerprint density at radius 1 is 1.40 bits per heavy atom. The lowest BCUT2D eigenvalue weighted by molar-refractivity contribution is 0.305. The van der Waals surface area contributed by atoms with E-state index in [4.69, 9.17) is 5.73 Å². The Morgan fingerprint density at radius 2 is 2.20 bits per heavy atom. The van der Waals surface area contributed by atoms with E-state index in [0.717, 1.165) is 25.0 Å². The summed E-state index contributed by atoms with van der Waals surface area (Å²) in [6.45, 7) is 4.34. The maximum Gasteiger partial charge on any atom is 0.191 e. The first-order valence-corrected chi connectivity index (χ1v) is 6.37. The van der Waals surface area contributed by atoms with Crippen LogP contribution in [0.5, 0.6) is 0 Å². The minimum absolute atomic E-state index is 0.608. The second-order valence-electron chi connectivity index (χ2n) is 4.94. The monoisotopic (exact) mass is 209 g/mol. The van der Waals surface area contributed by atoms with Gasteiger partial charge in [0.15, 0.2) is 5.96 Å². The zero-order valence-electron chi connectivity index (χ0n) is 9.78. The molecule has 1 atom stereocenters. The fourth-order valence-electron chi connectivity index (χ4n) is 2.27. The van der Waals surface area contributed by atoms with Crippen LogP contribution >= 0.6 is 0 Å². The summed E-state index contributed by atoms with van der Waals surface area (Å²) in [5, 5.41) is 0. The van der Waals surface area contributed by atoms with Crippen molar-refractivity contribution in [2.24, 2.45) is 16.6 Å². The number of guanidine groups is 1. The summed E-state index contributed by atoms with van der Waals surface area (Å²) in [4.78, 5) is 6.73. The number of hydrogen-bond donors (Lipinski definition) is 1. The van der Waals surface area contributed by atoms with Gasteiger partial charge in [0.1, 0.15) is 0 Å². The standard InChI is InChI=1S/C12H23N3/c1-2-3-4-5-11-8-14-12(13)15(11)9-10-6-7-10/h10-11H,2-9H2,1H3,(H2,13,14). The maximum atomic E-state index is 5.93. The van der Waals surface area contributed by atoms with Crippen molar-refractivity contribution in [3.63, 3.8) is 0 Å². The number of aliphatic imine (C=N–C) groups is 1. The first kappa shape index (κ1) is 10.8. The van der Waals surface area contributed by atoms with E-state index in [2.05, 4.69) is 16.8 Å². The number of nitrogens with two attached hydrogens (primary N) is 1. The molecule has 0 amide bonds. The molecule has 15 heavy (non-hydrogen) atoms. The molecule has 2 aliphatic rings. The Bertz CT molecular complexity index is 233. The molecule has 2 N–H and O–H groups in total. The van der Waals surface area contributed by atoms with Crippen LogP contribution in [0.1, 0.15) is 45.4 Å². The van der Waals surface area contributed by atoms with Gasteiger partial charge in [-0.05, 0) is 25.2 Å². The highest BCUT2D eigenvalue weighted by Gasteiger charge is 2.31. The van der Waals surface area contributed by atoms with Crippen LogP contribution in [-0.2, 0) is 0 Å². The van der Waals surface area contributed by atoms with Gasteiger partial charge in [0.25, 0.3) is 0 Å². The largest absolute Gasteiger partial charge is 0.370 e. The lowest BCUT2D eigenvalue weighted by atomic mass is 10.1. The molecular formula is C12H23N3. The van der Waals surface area contributed by atoms with Gasteiger partial charge in [-0.1, -0.05) is 26.2 Å². The Labute approximate surface area is 92.7 Å². The molecule has 1 aliphatic carbocycles. The van der Waals surface area contributed by atoms with Crippen LogP contribution in [0.2, 0.25) is 0 Å². The first-order valence-electron chi connectivity index (χ1n) is 6.37. The van der Waals surface area contributed by atoms with Crippen molar-refractivity contribution >= 4 is 5.96 Å². The second-order valence-corrected chi connectivity index (χ2v) is 4.94. The summed E-state index contributed by atoms with van der Waals surface area (Å²) < 4.78 is 0. The van der Waals surface area contributed by atoms with Gasteiger partial charge in [0, 0.05) is 6.54 Å². The third-order valence-corrected chi connectivity index (χ3v) is 3.49. The van der Waals surface area contributed by atoms with Gasteiger partial charge in [-0.3, -0.25) is 4.99 Å². The fourth-order valence-corrected chi connectivity index (χ4v) is 2.27. The van der Waals surface area contributed by atoms with E-state index >= 15 is 0 Å². The van der Waals surface area contributed by atoms with Crippen LogP contribution in [0.4, 0.5) is 0 Å². The van der Waals surface area contributed by atoms with Crippen molar-refractivity contribution in [2.75, 3.05) is 13.1 Å². The van der Waals surface area contributed by atoms with E-state index in [1.54, 1.807) is 0 Å². The van der Waals surface area contributed by atoms with Crippen LogP contribution in [0, 0.1) is 5.92 Å². The lowest BCUT2D eigenvalue weighted by Crippen LogP contribution is -2.41. The highest BCUT2D eigenvalue weighted by atomic mass is 15.3. The van der Waals surface area contributed by atoms with Gasteiger partial charge < -0.3 is 10.6 Å². The molecule has 86 valence electrons. The minimum Gasteiger partial charge on any atom is -0.370 e. The highest BCUT2D eigenvalue weighted by Crippen LogP contribution is 2.31. The molecule has 1 aliphatic heterocycles. The topological polar surface area (TPSA) is 41.6 Å². The quantitative estimate of drug-likeness (QED) is 0.680. The summed E-state index contributed by atoms with van der Waals surface area (Å²) in [6.07, 6.45) is 8.02. The van der Waals surface area contributed by atoms with Crippen LogP contribution in [0.3, 0.4) is 0 Å². The number of rotatable bonds is 6. The molecule has 3 heteroatoms. The Hall–Kier alpha value is -0.730. The van der Waals surface area contributed by atoms with Gasteiger partial charge in [-0.15, -0.1) is 0 Å². The van der Waals surface area contributed by atoms with Crippen molar-refractivity contribution < 1.29 is 0 Å². The predicted molar refractivity (Wildman–Crippen MR) is 63.8 cm³/mol. The summed E-state index contributed by atoms with van der Waals surface area (Å²) in [5.74, 6) is 1.70. The van der Waals surface area contributed by atoms with E-state index in [-0.39, 0.29) is 0 Å². The normalized spacial score (nSPS) is 25.8. The van der Waals surface area contributed by atoms with Gasteiger partial charge in [-0.25, -0.2) is 0 Å². The highest BCUT2D eigenvalue weighted by molar-refractivity contribution is 5.80. The first-order chi connectivity index (χ1) is 7.31. The molecule has 0 bridgehead atoms. The maximum absolute atomic E-state index is 5.93. The van der Waals surface area contributed by atoms with Crippen molar-refractivity contribution in [2.45, 2.75) is 51.5 Å². The summed E-state index contributed by atoms with van der Waals surface area (Å²) in [5.41, 5.74) is 5.93. The number of hydrogen-bond acceptors (Lipinski definition) is 3. The summed E-state index contributed by atoms with van der Waals surface area (Å²) in [6, 6.07) is 0.608. The Morgan fingerprint density at radius 3 is 2.87 bits per heavy atom. The molecule has 0 aromatic heterocycles. The van der Waals surface area contributed by atoms with Crippen LogP contribution in [0.25, 0.3) is 0 Å². The molecule has 1 unspecified atom stereocenters. The molecule has 1 heterocycles. The van der Waals surface area contributed by atoms with Crippen LogP contribution < -0.4 is 5.73 Å². The molecule has 0 radical (unpaired) electrons. The van der Waals surface area contributed by atoms with Crippen molar-refractivity contribution in [1.82, 2.24) is 4.90 Å². The lowest BCUT2D eigenvalue weighted by Gasteiger charge is -2.26. The van der Waals surface area contributed by atoms with E-state index in [1.165, 1.54) is 38.5 Å². The molecule has 3 nitrogen and oxygen atoms in total. The average Bonchev–Trinajstić information content (AvgIpc) is 2.97. The molecule has 0 saturated heterocycles. The van der Waals surface area contributed by atoms with Gasteiger partial charge in [-0.2, -0.15) is 0 Å². The third kappa shape index (κ3) is 2.86. The average molecular weight is 209 g/mol. The van der Waals surface area contributed by atoms with E-state index < -0.39 is 0 Å². The zero-order valence-corrected chi connectivity index (χ0v) is 9.78. The molecule has 1 fully saturated rings. The van der Waals surface area contributed by atoms with Crippen molar-refractivity contribution in [1.29, 1.82) is 0 Å². The second kappa shape index (κ2) is 4.86. The third-order valence-electron chi connectivity index (χ3n) is 3.49. The molecule has 1 saturated carbocycles. The minimum atomic E-state index is 0.608. The van der Waals surface area contributed by atoms with Gasteiger partial charge >= 0.3 is 0 Å². The van der Waals surface area contributed by atoms with Gasteiger partial charge in [0.2, 0.25) is 0 Å². The summed E-state index contributed by atoms with van der Waals surface area (Å²) >= 11 is 0. The van der Waals surface area contributed by atoms with Crippen LogP contribution in [0.15, 0.2) is 4.99 Å². The molecule has 0 spiro atoms. The molecule has 0 aromatic carbocycles. The molecular weight excluding hydrogens is 186 g/mol. The predicted octanol–water partition coefficient (Wildman–Crippen LogP) is 1.98. The summed E-state index contributed by atoms with van der Waals surface area (Å²) in [7, 11) is 0. The Kier molecular flexibility index (Phi) is 3.49. The van der Waals surface area contributed by atoms with Gasteiger partial charge in [0.05, 0.1) is 12.6 Å². The van der Waals surface area contributed by atoms with E-state index in [9.17, 15) is 0 Å². The molecule has 2 rings (SSSR count). The number of nitrogens with zero attached hydrogens (tertiary/aromatic N) is 2. The fraction of sp³-hybridized carbons (Fsp3) is 0.917. The SMILES string of the molecule is CCCCCC1CN=C(N)N1CC1CC1. The smallest absolute Gasteiger partial charge is 0.191 e. The van der Waals surface area contributed by atoms with Crippen LogP contribution in [-0.4, -0.2) is 30.0 Å². The number of unbranched alkanes of at least 4 members (excludes halogenated alkanes) is 2. The van der Waals surface area contributed by atoms with E-state index in [0.29, 0.717) is 6.04 Å². The van der Waals surface area contributed by atoms with Crippen molar-refractivity contribution in [3.05, 3.63) is 0 Å². The Balaban J connectivity index is 1.77. The van der Waals surface area contributed by atoms with E-state index in [1.807, 2.05) is 0 Å². The zero-order chi connectivity index (χ0) is 10.7. The van der Waals surface area contributed by atoms with Crippen molar-refractivity contribution in [3.8, 4) is 0 Å². The molecule has 0 aromatic rings.